The van der Waals surface area contributed by atoms with Gasteiger partial charge in [0.1, 0.15) is 0 Å². The third-order valence-electron chi connectivity index (χ3n) is 2.88. The number of aromatic nitrogens is 1. The Morgan fingerprint density at radius 1 is 1.53 bits per heavy atom. The molecule has 2 atom stereocenters. The van der Waals surface area contributed by atoms with Gasteiger partial charge in [-0.25, -0.2) is 19.6 Å². The highest BCUT2D eigenvalue weighted by Crippen LogP contribution is 2.24. The van der Waals surface area contributed by atoms with E-state index in [4.69, 9.17) is 15.7 Å². The van der Waals surface area contributed by atoms with Gasteiger partial charge in [-0.1, -0.05) is 0 Å². The second-order valence-corrected chi connectivity index (χ2v) is 4.42. The number of aliphatic hydroxyl groups is 1. The van der Waals surface area contributed by atoms with Crippen molar-refractivity contribution in [2.24, 2.45) is 5.84 Å². The normalized spacial score (nSPS) is 23.5. The molecule has 1 aromatic rings. The maximum Gasteiger partial charge on any atom is 0.178 e. The minimum Gasteiger partial charge on any atom is -0.394 e. The Hall–Kier alpha value is -1.51. The number of nitrogen functional groups attached to an aromatic ring is 1. The Bertz CT molecular complexity index is 461. The fraction of sp³-hybridized carbons (Fsp3) is 0.545. The molecule has 106 valence electrons. The Balaban J connectivity index is 2.30. The number of nitrogens with zero attached hydrogens (tertiary/aromatic N) is 2. The molecule has 1 saturated heterocycles. The molecule has 1 aromatic heterocycles. The van der Waals surface area contributed by atoms with Crippen molar-refractivity contribution in [1.82, 2.24) is 4.98 Å². The molecule has 0 aliphatic carbocycles. The van der Waals surface area contributed by atoms with Gasteiger partial charge in [0.15, 0.2) is 23.3 Å². The summed E-state index contributed by atoms with van der Waals surface area (Å²) in [5.74, 6) is 3.25. The fourth-order valence-corrected chi connectivity index (χ4v) is 2.10. The van der Waals surface area contributed by atoms with Crippen molar-refractivity contribution in [3.8, 4) is 0 Å². The third-order valence-corrected chi connectivity index (χ3v) is 2.88. The molecule has 0 spiro atoms. The summed E-state index contributed by atoms with van der Waals surface area (Å²) in [5, 5.41) is 9.13. The van der Waals surface area contributed by atoms with Crippen molar-refractivity contribution in [1.29, 1.82) is 0 Å². The van der Waals surface area contributed by atoms with Gasteiger partial charge in [-0.3, -0.25) is 0 Å². The third kappa shape index (κ3) is 2.91. The first-order valence-electron chi connectivity index (χ1n) is 5.89. The van der Waals surface area contributed by atoms with E-state index >= 15 is 0 Å². The topological polar surface area (TPSA) is 83.6 Å². The van der Waals surface area contributed by atoms with Crippen LogP contribution in [0, 0.1) is 11.6 Å². The van der Waals surface area contributed by atoms with Gasteiger partial charge in [-0.15, -0.1) is 0 Å². The van der Waals surface area contributed by atoms with E-state index in [-0.39, 0.29) is 30.9 Å². The Kier molecular flexibility index (Phi) is 4.13. The second kappa shape index (κ2) is 5.64. The molecule has 2 rings (SSSR count). The summed E-state index contributed by atoms with van der Waals surface area (Å²) in [7, 11) is 0. The summed E-state index contributed by atoms with van der Waals surface area (Å²) in [4.78, 5) is 5.42. The second-order valence-electron chi connectivity index (χ2n) is 4.42. The molecule has 0 aromatic carbocycles. The van der Waals surface area contributed by atoms with Gasteiger partial charge in [0, 0.05) is 19.2 Å². The van der Waals surface area contributed by atoms with E-state index in [1.54, 1.807) is 11.8 Å². The van der Waals surface area contributed by atoms with Crippen LogP contribution in [0.25, 0.3) is 0 Å². The van der Waals surface area contributed by atoms with Crippen LogP contribution in [-0.4, -0.2) is 42.0 Å². The minimum absolute atomic E-state index is 0.0112. The smallest absolute Gasteiger partial charge is 0.178 e. The highest BCUT2D eigenvalue weighted by atomic mass is 19.1. The molecule has 4 N–H and O–H groups in total. The van der Waals surface area contributed by atoms with Gasteiger partial charge in [0.05, 0.1) is 18.8 Å². The standard InChI is InChI=1S/C11H16F2N4O2/c1-6-3-17(4-7(5-18)19-6)11-9(13)2-8(12)10(15-11)16-14/h2,6-7,18H,3-5,14H2,1H3,(H,15,16). The van der Waals surface area contributed by atoms with Crippen LogP contribution in [0.3, 0.4) is 0 Å². The number of morpholine rings is 1. The largest absolute Gasteiger partial charge is 0.394 e. The first-order valence-corrected chi connectivity index (χ1v) is 5.89. The van der Waals surface area contributed by atoms with Crippen LogP contribution in [0.2, 0.25) is 0 Å². The summed E-state index contributed by atoms with van der Waals surface area (Å²) in [5.41, 5.74) is 2.08. The molecule has 1 fully saturated rings. The van der Waals surface area contributed by atoms with Crippen LogP contribution in [0.15, 0.2) is 6.07 Å². The zero-order valence-electron chi connectivity index (χ0n) is 10.4. The van der Waals surface area contributed by atoms with Gasteiger partial charge in [-0.2, -0.15) is 0 Å². The number of nitrogens with two attached hydrogens (primary N) is 1. The lowest BCUT2D eigenvalue weighted by Crippen LogP contribution is -2.48. The van der Waals surface area contributed by atoms with E-state index in [0.29, 0.717) is 6.54 Å². The number of pyridine rings is 1. The van der Waals surface area contributed by atoms with Crippen molar-refractivity contribution >= 4 is 11.6 Å². The molecule has 2 heterocycles. The molecule has 0 radical (unpaired) electrons. The lowest BCUT2D eigenvalue weighted by Gasteiger charge is -2.36. The zero-order valence-corrected chi connectivity index (χ0v) is 10.4. The molecular formula is C11H16F2N4O2. The van der Waals surface area contributed by atoms with E-state index in [0.717, 1.165) is 6.07 Å². The summed E-state index contributed by atoms with van der Waals surface area (Å²) in [6, 6.07) is 0.728. The van der Waals surface area contributed by atoms with Crippen molar-refractivity contribution in [3.63, 3.8) is 0 Å². The quantitative estimate of drug-likeness (QED) is 0.540. The Morgan fingerprint density at radius 2 is 2.26 bits per heavy atom. The van der Waals surface area contributed by atoms with Crippen molar-refractivity contribution in [3.05, 3.63) is 17.7 Å². The summed E-state index contributed by atoms with van der Waals surface area (Å²) in [6.07, 6.45) is -0.615. The van der Waals surface area contributed by atoms with Crippen LogP contribution >= 0.6 is 0 Å². The van der Waals surface area contributed by atoms with Gasteiger partial charge >= 0.3 is 0 Å². The molecule has 6 nitrogen and oxygen atoms in total. The lowest BCUT2D eigenvalue weighted by molar-refractivity contribution is -0.0424. The van der Waals surface area contributed by atoms with Crippen LogP contribution < -0.4 is 16.2 Å². The molecule has 8 heteroatoms. The average Bonchev–Trinajstić information content (AvgIpc) is 2.38. The Morgan fingerprint density at radius 3 is 2.89 bits per heavy atom. The predicted molar refractivity (Wildman–Crippen MR) is 65.6 cm³/mol. The summed E-state index contributed by atoms with van der Waals surface area (Å²) in [6.45, 7) is 2.31. The number of ether oxygens (including phenoxy) is 1. The maximum atomic E-state index is 13.8. The Labute approximate surface area is 109 Å². The van der Waals surface area contributed by atoms with E-state index in [9.17, 15) is 8.78 Å². The average molecular weight is 274 g/mol. The van der Waals surface area contributed by atoms with Crippen LogP contribution in [-0.2, 0) is 4.74 Å². The number of aliphatic hydroxyl groups excluding tert-OH is 1. The zero-order chi connectivity index (χ0) is 14.0. The molecule has 1 aliphatic rings. The monoisotopic (exact) mass is 274 g/mol. The number of nitrogens with one attached hydrogen (secondary N) is 1. The number of hydrogen-bond donors (Lipinski definition) is 3. The van der Waals surface area contributed by atoms with Gasteiger partial charge in [0.25, 0.3) is 0 Å². The minimum atomic E-state index is -0.858. The molecule has 0 saturated carbocycles. The molecular weight excluding hydrogens is 258 g/mol. The number of anilines is 2. The first-order chi connectivity index (χ1) is 9.05. The predicted octanol–water partition coefficient (Wildman–Crippen LogP) is 0.231. The highest BCUT2D eigenvalue weighted by molar-refractivity contribution is 5.49. The van der Waals surface area contributed by atoms with Crippen LogP contribution in [0.5, 0.6) is 0 Å². The van der Waals surface area contributed by atoms with Gasteiger partial charge in [0.2, 0.25) is 0 Å². The molecule has 2 unspecified atom stereocenters. The van der Waals surface area contributed by atoms with Crippen molar-refractivity contribution in [2.45, 2.75) is 19.1 Å². The van der Waals surface area contributed by atoms with E-state index in [2.05, 4.69) is 10.4 Å². The number of halogens is 2. The highest BCUT2D eigenvalue weighted by Gasteiger charge is 2.28. The van der Waals surface area contributed by atoms with Crippen molar-refractivity contribution < 1.29 is 18.6 Å². The fourth-order valence-electron chi connectivity index (χ4n) is 2.10. The van der Waals surface area contributed by atoms with Crippen LogP contribution in [0.1, 0.15) is 6.92 Å². The SMILES string of the molecule is CC1CN(c2nc(NN)c(F)cc2F)CC(CO)O1. The summed E-state index contributed by atoms with van der Waals surface area (Å²) < 4.78 is 32.5. The van der Waals surface area contributed by atoms with E-state index in [1.165, 1.54) is 0 Å². The van der Waals surface area contributed by atoms with Crippen molar-refractivity contribution in [2.75, 3.05) is 30.0 Å². The van der Waals surface area contributed by atoms with Gasteiger partial charge < -0.3 is 20.2 Å². The molecule has 19 heavy (non-hydrogen) atoms. The van der Waals surface area contributed by atoms with Gasteiger partial charge in [-0.05, 0) is 6.92 Å². The maximum absolute atomic E-state index is 13.8. The first kappa shape index (κ1) is 13.9. The summed E-state index contributed by atoms with van der Waals surface area (Å²) >= 11 is 0. The van der Waals surface area contributed by atoms with E-state index < -0.39 is 17.7 Å². The molecule has 1 aliphatic heterocycles. The van der Waals surface area contributed by atoms with E-state index in [1.807, 2.05) is 0 Å². The lowest BCUT2D eigenvalue weighted by atomic mass is 10.2. The molecule has 0 amide bonds. The number of hydrazine groups is 1. The number of hydrogen-bond acceptors (Lipinski definition) is 6. The number of rotatable bonds is 3. The van der Waals surface area contributed by atoms with Crippen LogP contribution in [0.4, 0.5) is 20.4 Å². The molecule has 0 bridgehead atoms.